The van der Waals surface area contributed by atoms with E-state index in [9.17, 15) is 9.59 Å². The molecule has 1 aromatic rings. The molecule has 2 aliphatic heterocycles. The van der Waals surface area contributed by atoms with Gasteiger partial charge in [0.25, 0.3) is 0 Å². The highest BCUT2D eigenvalue weighted by molar-refractivity contribution is 5.79. The largest absolute Gasteiger partial charge is 0.348 e. The number of piperidine rings is 1. The van der Waals surface area contributed by atoms with Gasteiger partial charge in [0.2, 0.25) is 11.8 Å². The Bertz CT molecular complexity index is 619. The molecule has 3 rings (SSSR count). The summed E-state index contributed by atoms with van der Waals surface area (Å²) in [5, 5.41) is 3.22. The van der Waals surface area contributed by atoms with Gasteiger partial charge in [0.1, 0.15) is 0 Å². The lowest BCUT2D eigenvalue weighted by molar-refractivity contribution is -0.136. The Morgan fingerprint density at radius 2 is 2.20 bits per heavy atom. The van der Waals surface area contributed by atoms with Gasteiger partial charge in [-0.1, -0.05) is 19.9 Å². The number of pyridine rings is 1. The van der Waals surface area contributed by atoms with Crippen molar-refractivity contribution in [2.75, 3.05) is 26.2 Å². The van der Waals surface area contributed by atoms with Crippen molar-refractivity contribution >= 4 is 11.8 Å². The lowest BCUT2D eigenvalue weighted by atomic mass is 9.87. The van der Waals surface area contributed by atoms with Crippen molar-refractivity contribution in [3.8, 4) is 0 Å². The van der Waals surface area contributed by atoms with E-state index in [0.29, 0.717) is 19.5 Å². The van der Waals surface area contributed by atoms with Crippen molar-refractivity contribution in [2.45, 2.75) is 45.2 Å². The van der Waals surface area contributed by atoms with Crippen molar-refractivity contribution in [2.24, 2.45) is 5.92 Å². The summed E-state index contributed by atoms with van der Waals surface area (Å²) in [6.07, 6.45) is 6.05. The standard InChI is InChI=1S/C19H28N4O2/c1-15(2)18(25)23-10-9-22(12-16-5-4-8-20-11-16)13-19(14-23)7-3-6-17(24)21-19/h4-5,8,11,15H,3,6-7,9-10,12-14H2,1-2H3,(H,21,24)/t19-/m0/s1. The van der Waals surface area contributed by atoms with Crippen LogP contribution in [0.2, 0.25) is 0 Å². The molecular weight excluding hydrogens is 316 g/mol. The van der Waals surface area contributed by atoms with Crippen LogP contribution in [0, 0.1) is 5.92 Å². The van der Waals surface area contributed by atoms with Crippen LogP contribution in [0.5, 0.6) is 0 Å². The van der Waals surface area contributed by atoms with Gasteiger partial charge in [0.15, 0.2) is 0 Å². The van der Waals surface area contributed by atoms with E-state index < -0.39 is 0 Å². The number of rotatable bonds is 3. The Labute approximate surface area is 149 Å². The van der Waals surface area contributed by atoms with E-state index in [1.807, 2.05) is 31.0 Å². The number of hydrogen-bond donors (Lipinski definition) is 1. The maximum absolute atomic E-state index is 12.6. The first kappa shape index (κ1) is 17.9. The molecule has 136 valence electrons. The van der Waals surface area contributed by atoms with Gasteiger partial charge in [-0.15, -0.1) is 0 Å². The predicted octanol–water partition coefficient (Wildman–Crippen LogP) is 1.42. The molecule has 1 N–H and O–H groups in total. The topological polar surface area (TPSA) is 65.5 Å². The van der Waals surface area contributed by atoms with Gasteiger partial charge in [-0.25, -0.2) is 0 Å². The third-order valence-electron chi connectivity index (χ3n) is 5.10. The molecule has 0 bridgehead atoms. The van der Waals surface area contributed by atoms with E-state index in [-0.39, 0.29) is 23.3 Å². The molecule has 6 nitrogen and oxygen atoms in total. The van der Waals surface area contributed by atoms with Gasteiger partial charge in [0, 0.05) is 57.5 Å². The average molecular weight is 344 g/mol. The second-order valence-electron chi connectivity index (χ2n) is 7.67. The van der Waals surface area contributed by atoms with Gasteiger partial charge in [-0.05, 0) is 24.5 Å². The molecule has 2 fully saturated rings. The maximum atomic E-state index is 12.6. The minimum atomic E-state index is -0.335. The van der Waals surface area contributed by atoms with Crippen molar-refractivity contribution < 1.29 is 9.59 Å². The summed E-state index contributed by atoms with van der Waals surface area (Å²) in [5.41, 5.74) is 0.821. The molecule has 1 aromatic heterocycles. The normalized spacial score (nSPS) is 25.1. The van der Waals surface area contributed by atoms with Crippen molar-refractivity contribution in [3.05, 3.63) is 30.1 Å². The summed E-state index contributed by atoms with van der Waals surface area (Å²) < 4.78 is 0. The van der Waals surface area contributed by atoms with Gasteiger partial charge < -0.3 is 10.2 Å². The zero-order valence-electron chi connectivity index (χ0n) is 15.2. The number of carbonyl (C=O) groups is 2. The van der Waals surface area contributed by atoms with E-state index in [1.54, 1.807) is 6.20 Å². The Morgan fingerprint density at radius 3 is 2.88 bits per heavy atom. The van der Waals surface area contributed by atoms with Gasteiger partial charge in [-0.2, -0.15) is 0 Å². The highest BCUT2D eigenvalue weighted by atomic mass is 16.2. The van der Waals surface area contributed by atoms with E-state index in [4.69, 9.17) is 0 Å². The van der Waals surface area contributed by atoms with E-state index in [2.05, 4.69) is 21.3 Å². The Kier molecular flexibility index (Phi) is 5.37. The minimum Gasteiger partial charge on any atom is -0.348 e. The van der Waals surface area contributed by atoms with Crippen LogP contribution >= 0.6 is 0 Å². The van der Waals surface area contributed by atoms with Gasteiger partial charge >= 0.3 is 0 Å². The van der Waals surface area contributed by atoms with Crippen LogP contribution in [0.4, 0.5) is 0 Å². The zero-order chi connectivity index (χ0) is 17.9. The summed E-state index contributed by atoms with van der Waals surface area (Å²) in [6, 6.07) is 4.01. The first-order chi connectivity index (χ1) is 12.0. The summed E-state index contributed by atoms with van der Waals surface area (Å²) in [4.78, 5) is 33.2. The zero-order valence-corrected chi connectivity index (χ0v) is 15.2. The monoisotopic (exact) mass is 344 g/mol. The van der Waals surface area contributed by atoms with E-state index in [1.165, 1.54) is 0 Å². The molecule has 2 amide bonds. The summed E-state index contributed by atoms with van der Waals surface area (Å²) in [5.74, 6) is 0.245. The first-order valence-electron chi connectivity index (χ1n) is 9.18. The summed E-state index contributed by atoms with van der Waals surface area (Å²) in [6.45, 7) is 7.56. The number of hydrogen-bond acceptors (Lipinski definition) is 4. The smallest absolute Gasteiger partial charge is 0.225 e. The van der Waals surface area contributed by atoms with Crippen LogP contribution in [0.3, 0.4) is 0 Å². The predicted molar refractivity (Wildman–Crippen MR) is 95.7 cm³/mol. The number of carbonyl (C=O) groups excluding carboxylic acids is 2. The van der Waals surface area contributed by atoms with E-state index >= 15 is 0 Å². The van der Waals surface area contributed by atoms with Gasteiger partial charge in [0.05, 0.1) is 5.54 Å². The number of nitrogens with one attached hydrogen (secondary N) is 1. The Hall–Kier alpha value is -1.95. The molecular formula is C19H28N4O2. The first-order valence-corrected chi connectivity index (χ1v) is 9.18. The highest BCUT2D eigenvalue weighted by Gasteiger charge is 2.41. The van der Waals surface area contributed by atoms with Crippen LogP contribution < -0.4 is 5.32 Å². The lowest BCUT2D eigenvalue weighted by Crippen LogP contribution is -2.61. The molecule has 0 radical (unpaired) electrons. The summed E-state index contributed by atoms with van der Waals surface area (Å²) >= 11 is 0. The SMILES string of the molecule is CC(C)C(=O)N1CCN(Cc2cccnc2)C[C@@]2(CCCC(=O)N2)C1. The molecule has 0 aliphatic carbocycles. The molecule has 6 heteroatoms. The quantitative estimate of drug-likeness (QED) is 0.901. The molecule has 1 atom stereocenters. The third-order valence-corrected chi connectivity index (χ3v) is 5.10. The average Bonchev–Trinajstić information content (AvgIpc) is 2.74. The second kappa shape index (κ2) is 7.52. The van der Waals surface area contributed by atoms with Crippen LogP contribution in [0.1, 0.15) is 38.7 Å². The molecule has 25 heavy (non-hydrogen) atoms. The Balaban J connectivity index is 1.80. The number of nitrogens with zero attached hydrogens (tertiary/aromatic N) is 3. The van der Waals surface area contributed by atoms with Gasteiger partial charge in [-0.3, -0.25) is 19.5 Å². The molecule has 2 saturated heterocycles. The fourth-order valence-corrected chi connectivity index (χ4v) is 3.95. The maximum Gasteiger partial charge on any atom is 0.225 e. The fraction of sp³-hybridized carbons (Fsp3) is 0.632. The Morgan fingerprint density at radius 1 is 1.36 bits per heavy atom. The molecule has 0 unspecified atom stereocenters. The molecule has 2 aliphatic rings. The number of amides is 2. The van der Waals surface area contributed by atoms with Crippen molar-refractivity contribution in [1.82, 2.24) is 20.1 Å². The molecule has 0 saturated carbocycles. The summed E-state index contributed by atoms with van der Waals surface area (Å²) in [7, 11) is 0. The number of aromatic nitrogens is 1. The third kappa shape index (κ3) is 4.37. The molecule has 1 spiro atoms. The second-order valence-corrected chi connectivity index (χ2v) is 7.67. The van der Waals surface area contributed by atoms with Crippen LogP contribution in [0.25, 0.3) is 0 Å². The lowest BCUT2D eigenvalue weighted by Gasteiger charge is -2.41. The highest BCUT2D eigenvalue weighted by Crippen LogP contribution is 2.26. The molecule has 0 aromatic carbocycles. The van der Waals surface area contributed by atoms with Crippen LogP contribution in [-0.4, -0.2) is 58.3 Å². The van der Waals surface area contributed by atoms with E-state index in [0.717, 1.165) is 38.0 Å². The van der Waals surface area contributed by atoms with Crippen molar-refractivity contribution in [3.63, 3.8) is 0 Å². The molecule has 3 heterocycles. The minimum absolute atomic E-state index is 0.0267. The van der Waals surface area contributed by atoms with Crippen LogP contribution in [-0.2, 0) is 16.1 Å². The van der Waals surface area contributed by atoms with Crippen molar-refractivity contribution in [1.29, 1.82) is 0 Å². The fourth-order valence-electron chi connectivity index (χ4n) is 3.95. The van der Waals surface area contributed by atoms with Crippen LogP contribution in [0.15, 0.2) is 24.5 Å².